The monoisotopic (exact) mass is 447 g/mol. The third-order valence-electron chi connectivity index (χ3n) is 4.30. The first kappa shape index (κ1) is 24.1. The second-order valence-electron chi connectivity index (χ2n) is 6.68. The summed E-state index contributed by atoms with van der Waals surface area (Å²) < 4.78 is 11.5. The van der Waals surface area contributed by atoms with E-state index in [1.165, 1.54) is 30.5 Å². The van der Waals surface area contributed by atoms with Crippen molar-refractivity contribution in [1.82, 2.24) is 5.43 Å². The Kier molecular flexibility index (Phi) is 9.77. The lowest BCUT2D eigenvalue weighted by molar-refractivity contribution is -0.384. The largest absolute Gasteiger partial charge is 0.490 e. The SMILES string of the molecule is CCCCCCOc1c(Cl)cc(/C=N/NC(=O)c2ccc([N+](=O)[O-])cc2)cc1OCC. The van der Waals surface area contributed by atoms with E-state index in [9.17, 15) is 14.9 Å². The third-order valence-corrected chi connectivity index (χ3v) is 4.58. The number of ether oxygens (including phenoxy) is 2. The van der Waals surface area contributed by atoms with Crippen molar-refractivity contribution in [2.24, 2.45) is 5.10 Å². The second-order valence-corrected chi connectivity index (χ2v) is 7.08. The minimum Gasteiger partial charge on any atom is -0.490 e. The zero-order valence-electron chi connectivity index (χ0n) is 17.6. The summed E-state index contributed by atoms with van der Waals surface area (Å²) in [5.74, 6) is 0.509. The van der Waals surface area contributed by atoms with E-state index in [1.54, 1.807) is 12.1 Å². The highest BCUT2D eigenvalue weighted by molar-refractivity contribution is 6.32. The molecule has 0 heterocycles. The van der Waals surface area contributed by atoms with E-state index >= 15 is 0 Å². The lowest BCUT2D eigenvalue weighted by Gasteiger charge is -2.14. The Labute approximate surface area is 186 Å². The predicted molar refractivity (Wildman–Crippen MR) is 120 cm³/mol. The highest BCUT2D eigenvalue weighted by atomic mass is 35.5. The average Bonchev–Trinajstić information content (AvgIpc) is 2.75. The van der Waals surface area contributed by atoms with Crippen molar-refractivity contribution in [2.45, 2.75) is 39.5 Å². The van der Waals surface area contributed by atoms with E-state index < -0.39 is 10.8 Å². The number of rotatable bonds is 12. The molecule has 2 aromatic rings. The number of hydrogen-bond donors (Lipinski definition) is 1. The number of non-ortho nitro benzene ring substituents is 1. The molecule has 2 rings (SSSR count). The molecule has 9 heteroatoms. The maximum atomic E-state index is 12.1. The number of unbranched alkanes of at least 4 members (excludes halogenated alkanes) is 3. The second kappa shape index (κ2) is 12.5. The standard InChI is InChI=1S/C22H26ClN3O5/c1-3-5-6-7-12-31-21-19(23)13-16(14-20(21)30-4-2)15-24-25-22(27)17-8-10-18(11-9-17)26(28)29/h8-11,13-15H,3-7,12H2,1-2H3,(H,25,27)/b24-15+. The fourth-order valence-corrected chi connectivity index (χ4v) is 3.01. The number of halogens is 1. The average molecular weight is 448 g/mol. The Hall–Kier alpha value is -3.13. The molecule has 0 unspecified atom stereocenters. The molecule has 0 bridgehead atoms. The molecule has 0 aliphatic carbocycles. The summed E-state index contributed by atoms with van der Waals surface area (Å²) in [6.45, 7) is 5.02. The molecule has 8 nitrogen and oxygen atoms in total. The Bertz CT molecular complexity index is 916. The van der Waals surface area contributed by atoms with Crippen LogP contribution in [0.25, 0.3) is 0 Å². The summed E-state index contributed by atoms with van der Waals surface area (Å²) in [7, 11) is 0. The molecule has 1 amide bonds. The molecule has 0 atom stereocenters. The minimum atomic E-state index is -0.530. The molecule has 0 fully saturated rings. The smallest absolute Gasteiger partial charge is 0.271 e. The molecule has 0 aliphatic heterocycles. The number of nitrogens with one attached hydrogen (secondary N) is 1. The number of carbonyl (C=O) groups excluding carboxylic acids is 1. The first-order chi connectivity index (χ1) is 15.0. The molecule has 0 saturated carbocycles. The minimum absolute atomic E-state index is 0.0918. The van der Waals surface area contributed by atoms with Gasteiger partial charge in [-0.15, -0.1) is 0 Å². The molecule has 0 radical (unpaired) electrons. The van der Waals surface area contributed by atoms with Crippen LogP contribution in [0.2, 0.25) is 5.02 Å². The van der Waals surface area contributed by atoms with E-state index in [-0.39, 0.29) is 11.3 Å². The number of amides is 1. The van der Waals surface area contributed by atoms with Gasteiger partial charge in [-0.05, 0) is 43.2 Å². The molecule has 1 N–H and O–H groups in total. The van der Waals surface area contributed by atoms with Gasteiger partial charge < -0.3 is 9.47 Å². The van der Waals surface area contributed by atoms with Crippen LogP contribution in [0, 0.1) is 10.1 Å². The van der Waals surface area contributed by atoms with Gasteiger partial charge in [0.2, 0.25) is 0 Å². The number of nitro benzene ring substituents is 1. The van der Waals surface area contributed by atoms with Gasteiger partial charge in [-0.1, -0.05) is 37.8 Å². The molecule has 0 saturated heterocycles. The first-order valence-electron chi connectivity index (χ1n) is 10.1. The summed E-state index contributed by atoms with van der Waals surface area (Å²) >= 11 is 6.38. The lowest BCUT2D eigenvalue weighted by atomic mass is 10.2. The number of nitro groups is 1. The maximum Gasteiger partial charge on any atom is 0.271 e. The van der Waals surface area contributed by atoms with Crippen LogP contribution in [0.1, 0.15) is 55.5 Å². The first-order valence-corrected chi connectivity index (χ1v) is 10.5. The molecule has 0 spiro atoms. The summed E-state index contributed by atoms with van der Waals surface area (Å²) in [6.07, 6.45) is 5.78. The van der Waals surface area contributed by atoms with Crippen molar-refractivity contribution in [3.8, 4) is 11.5 Å². The number of hydrogen-bond acceptors (Lipinski definition) is 6. The van der Waals surface area contributed by atoms with Gasteiger partial charge in [0, 0.05) is 17.7 Å². The van der Waals surface area contributed by atoms with E-state index in [2.05, 4.69) is 17.5 Å². The Morgan fingerprint density at radius 1 is 1.16 bits per heavy atom. The molecule has 0 aromatic heterocycles. The number of carbonyl (C=O) groups is 1. The van der Waals surface area contributed by atoms with E-state index in [0.717, 1.165) is 25.7 Å². The number of hydrazone groups is 1. The molecule has 166 valence electrons. The topological polar surface area (TPSA) is 103 Å². The summed E-state index contributed by atoms with van der Waals surface area (Å²) in [4.78, 5) is 22.3. The van der Waals surface area contributed by atoms with Gasteiger partial charge in [0.25, 0.3) is 11.6 Å². The lowest BCUT2D eigenvalue weighted by Crippen LogP contribution is -2.17. The zero-order chi connectivity index (χ0) is 22.6. The zero-order valence-corrected chi connectivity index (χ0v) is 18.4. The normalized spacial score (nSPS) is 10.8. The van der Waals surface area contributed by atoms with Crippen LogP contribution in [0.5, 0.6) is 11.5 Å². The van der Waals surface area contributed by atoms with Gasteiger partial charge in [-0.25, -0.2) is 5.43 Å². The highest BCUT2D eigenvalue weighted by Gasteiger charge is 2.13. The Balaban J connectivity index is 2.03. The number of benzene rings is 2. The number of nitrogens with zero attached hydrogens (tertiary/aromatic N) is 2. The van der Waals surface area contributed by atoms with E-state index in [1.807, 2.05) is 6.92 Å². The molecule has 2 aromatic carbocycles. The van der Waals surface area contributed by atoms with Crippen molar-refractivity contribution in [1.29, 1.82) is 0 Å². The van der Waals surface area contributed by atoms with Crippen LogP contribution in [0.4, 0.5) is 5.69 Å². The van der Waals surface area contributed by atoms with Crippen LogP contribution < -0.4 is 14.9 Å². The van der Waals surface area contributed by atoms with Gasteiger partial charge in [0.05, 0.1) is 29.4 Å². The molecular weight excluding hydrogens is 422 g/mol. The van der Waals surface area contributed by atoms with Crippen LogP contribution in [0.15, 0.2) is 41.5 Å². The highest BCUT2D eigenvalue weighted by Crippen LogP contribution is 2.36. The Morgan fingerprint density at radius 3 is 2.55 bits per heavy atom. The quantitative estimate of drug-likeness (QED) is 0.204. The van der Waals surface area contributed by atoms with Gasteiger partial charge in [-0.2, -0.15) is 5.10 Å². The summed E-state index contributed by atoms with van der Waals surface area (Å²) in [6, 6.07) is 8.64. The van der Waals surface area contributed by atoms with Gasteiger partial charge >= 0.3 is 0 Å². The fourth-order valence-electron chi connectivity index (χ4n) is 2.73. The van der Waals surface area contributed by atoms with Crippen molar-refractivity contribution >= 4 is 29.4 Å². The predicted octanol–water partition coefficient (Wildman–Crippen LogP) is 5.37. The van der Waals surface area contributed by atoms with Crippen molar-refractivity contribution in [3.63, 3.8) is 0 Å². The summed E-state index contributed by atoms with van der Waals surface area (Å²) in [5, 5.41) is 15.0. The van der Waals surface area contributed by atoms with E-state index in [0.29, 0.717) is 35.3 Å². The van der Waals surface area contributed by atoms with Crippen molar-refractivity contribution in [3.05, 3.63) is 62.7 Å². The van der Waals surface area contributed by atoms with Crippen LogP contribution in [-0.2, 0) is 0 Å². The molecular formula is C22H26ClN3O5. The van der Waals surface area contributed by atoms with E-state index in [4.69, 9.17) is 21.1 Å². The fraction of sp³-hybridized carbons (Fsp3) is 0.364. The van der Waals surface area contributed by atoms with Gasteiger partial charge in [0.1, 0.15) is 0 Å². The van der Waals surface area contributed by atoms with Crippen LogP contribution >= 0.6 is 11.6 Å². The van der Waals surface area contributed by atoms with Gasteiger partial charge in [0.15, 0.2) is 11.5 Å². The van der Waals surface area contributed by atoms with Crippen LogP contribution in [-0.4, -0.2) is 30.3 Å². The van der Waals surface area contributed by atoms with Gasteiger partial charge in [-0.3, -0.25) is 14.9 Å². The third kappa shape index (κ3) is 7.57. The molecule has 31 heavy (non-hydrogen) atoms. The summed E-state index contributed by atoms with van der Waals surface area (Å²) in [5.41, 5.74) is 3.16. The van der Waals surface area contributed by atoms with Crippen LogP contribution in [0.3, 0.4) is 0 Å². The maximum absolute atomic E-state index is 12.1. The van der Waals surface area contributed by atoms with Crippen molar-refractivity contribution < 1.29 is 19.2 Å². The van der Waals surface area contributed by atoms with Crippen molar-refractivity contribution in [2.75, 3.05) is 13.2 Å². The Morgan fingerprint density at radius 2 is 1.90 bits per heavy atom. The molecule has 0 aliphatic rings.